The minimum Gasteiger partial charge on any atom is -0.481 e. The molecule has 0 aromatic carbocycles. The number of nitrogens with two attached hydrogens (primary N) is 1. The normalized spacial score (nSPS) is 21.1. The Morgan fingerprint density at radius 1 is 1.58 bits per heavy atom. The van der Waals surface area contributed by atoms with Crippen molar-refractivity contribution in [2.24, 2.45) is 17.7 Å². The summed E-state index contributed by atoms with van der Waals surface area (Å²) < 4.78 is 0. The van der Waals surface area contributed by atoms with Gasteiger partial charge in [0.05, 0.1) is 12.5 Å². The number of aliphatic carboxylic acids is 1. The van der Waals surface area contributed by atoms with Crippen LogP contribution in [0.25, 0.3) is 0 Å². The van der Waals surface area contributed by atoms with E-state index in [0.717, 1.165) is 25.7 Å². The number of carboxylic acids is 1. The first-order valence-electron chi connectivity index (χ1n) is 4.30. The van der Waals surface area contributed by atoms with E-state index in [-0.39, 0.29) is 12.5 Å². The summed E-state index contributed by atoms with van der Waals surface area (Å²) in [5.74, 6) is 3.95. The molecule has 0 aromatic rings. The second-order valence-electron chi connectivity index (χ2n) is 3.32. The van der Waals surface area contributed by atoms with Crippen LogP contribution in [0.3, 0.4) is 0 Å². The standard InChI is InChI=1S/C8H15NO3/c9-12-5-7(8(10)11)6-3-1-2-4-6/h6-7H,1-5,9H2,(H,10,11). The van der Waals surface area contributed by atoms with Crippen LogP contribution in [-0.4, -0.2) is 17.7 Å². The van der Waals surface area contributed by atoms with Gasteiger partial charge in [0.1, 0.15) is 0 Å². The molecule has 4 heteroatoms. The quantitative estimate of drug-likeness (QED) is 0.616. The highest BCUT2D eigenvalue weighted by Crippen LogP contribution is 2.31. The fourth-order valence-electron chi connectivity index (χ4n) is 1.87. The first-order chi connectivity index (χ1) is 5.75. The van der Waals surface area contributed by atoms with E-state index in [4.69, 9.17) is 11.0 Å². The third-order valence-electron chi connectivity index (χ3n) is 2.56. The summed E-state index contributed by atoms with van der Waals surface area (Å²) >= 11 is 0. The molecular weight excluding hydrogens is 158 g/mol. The lowest BCUT2D eigenvalue weighted by molar-refractivity contribution is -0.146. The van der Waals surface area contributed by atoms with Crippen molar-refractivity contribution in [1.82, 2.24) is 0 Å². The van der Waals surface area contributed by atoms with Gasteiger partial charge in [-0.15, -0.1) is 0 Å². The van der Waals surface area contributed by atoms with Gasteiger partial charge < -0.3 is 9.94 Å². The van der Waals surface area contributed by atoms with Gasteiger partial charge in [-0.1, -0.05) is 12.8 Å². The summed E-state index contributed by atoms with van der Waals surface area (Å²) in [6.07, 6.45) is 4.28. The van der Waals surface area contributed by atoms with Crippen LogP contribution in [0.5, 0.6) is 0 Å². The van der Waals surface area contributed by atoms with E-state index < -0.39 is 11.9 Å². The van der Waals surface area contributed by atoms with Crippen LogP contribution in [0.2, 0.25) is 0 Å². The molecule has 1 atom stereocenters. The van der Waals surface area contributed by atoms with Crippen molar-refractivity contribution in [1.29, 1.82) is 0 Å². The first-order valence-corrected chi connectivity index (χ1v) is 4.30. The van der Waals surface area contributed by atoms with Crippen molar-refractivity contribution in [2.45, 2.75) is 25.7 Å². The topological polar surface area (TPSA) is 72.5 Å². The Hall–Kier alpha value is -0.610. The molecule has 1 rings (SSSR count). The Morgan fingerprint density at radius 2 is 2.17 bits per heavy atom. The minimum absolute atomic E-state index is 0.139. The van der Waals surface area contributed by atoms with E-state index in [1.165, 1.54) is 0 Å². The second-order valence-corrected chi connectivity index (χ2v) is 3.32. The molecule has 1 aliphatic rings. The molecule has 0 saturated heterocycles. The van der Waals surface area contributed by atoms with Gasteiger partial charge in [0.25, 0.3) is 0 Å². The molecule has 3 N–H and O–H groups in total. The van der Waals surface area contributed by atoms with Crippen LogP contribution in [-0.2, 0) is 9.63 Å². The molecule has 0 heterocycles. The zero-order valence-electron chi connectivity index (χ0n) is 7.03. The SMILES string of the molecule is NOCC(C(=O)O)C1CCCC1. The number of hydrogen-bond donors (Lipinski definition) is 2. The lowest BCUT2D eigenvalue weighted by atomic mass is 9.92. The summed E-state index contributed by atoms with van der Waals surface area (Å²) in [6.45, 7) is 0.139. The van der Waals surface area contributed by atoms with Crippen molar-refractivity contribution in [3.05, 3.63) is 0 Å². The predicted octanol–water partition coefficient (Wildman–Crippen LogP) is 0.768. The molecule has 4 nitrogen and oxygen atoms in total. The zero-order chi connectivity index (χ0) is 8.97. The van der Waals surface area contributed by atoms with Crippen LogP contribution >= 0.6 is 0 Å². The summed E-state index contributed by atoms with van der Waals surface area (Å²) in [5, 5.41) is 8.83. The van der Waals surface area contributed by atoms with Gasteiger partial charge in [0, 0.05) is 0 Å². The Kier molecular flexibility index (Phi) is 3.49. The molecule has 0 amide bonds. The van der Waals surface area contributed by atoms with Gasteiger partial charge in [0.15, 0.2) is 0 Å². The molecular formula is C8H15NO3. The summed E-state index contributed by atoms with van der Waals surface area (Å²) in [5.41, 5.74) is 0. The maximum absolute atomic E-state index is 10.7. The first kappa shape index (κ1) is 9.48. The molecule has 1 saturated carbocycles. The van der Waals surface area contributed by atoms with Gasteiger partial charge in [-0.05, 0) is 18.8 Å². The highest BCUT2D eigenvalue weighted by atomic mass is 16.6. The lowest BCUT2D eigenvalue weighted by Gasteiger charge is -2.17. The highest BCUT2D eigenvalue weighted by Gasteiger charge is 2.30. The minimum atomic E-state index is -0.785. The van der Waals surface area contributed by atoms with Gasteiger partial charge in [0.2, 0.25) is 0 Å². The van der Waals surface area contributed by atoms with Gasteiger partial charge >= 0.3 is 5.97 Å². The third-order valence-corrected chi connectivity index (χ3v) is 2.56. The largest absolute Gasteiger partial charge is 0.481 e. The van der Waals surface area contributed by atoms with E-state index in [1.807, 2.05) is 0 Å². The van der Waals surface area contributed by atoms with E-state index in [1.54, 1.807) is 0 Å². The van der Waals surface area contributed by atoms with E-state index in [2.05, 4.69) is 4.84 Å². The maximum atomic E-state index is 10.7. The molecule has 0 aromatic heterocycles. The molecule has 0 bridgehead atoms. The van der Waals surface area contributed by atoms with Crippen LogP contribution in [0.1, 0.15) is 25.7 Å². The average molecular weight is 173 g/mol. The maximum Gasteiger partial charge on any atom is 0.309 e. The monoisotopic (exact) mass is 173 g/mol. The van der Waals surface area contributed by atoms with Gasteiger partial charge in [-0.3, -0.25) is 4.79 Å². The molecule has 1 unspecified atom stereocenters. The van der Waals surface area contributed by atoms with E-state index in [9.17, 15) is 4.79 Å². The van der Waals surface area contributed by atoms with Gasteiger partial charge in [-0.2, -0.15) is 0 Å². The highest BCUT2D eigenvalue weighted by molar-refractivity contribution is 5.70. The van der Waals surface area contributed by atoms with Crippen LogP contribution < -0.4 is 5.90 Å². The number of hydrogen-bond acceptors (Lipinski definition) is 3. The summed E-state index contributed by atoms with van der Waals surface area (Å²) in [7, 11) is 0. The average Bonchev–Trinajstić information content (AvgIpc) is 2.51. The molecule has 12 heavy (non-hydrogen) atoms. The number of carbonyl (C=O) groups is 1. The Morgan fingerprint density at radius 3 is 2.58 bits per heavy atom. The van der Waals surface area contributed by atoms with Crippen LogP contribution in [0.15, 0.2) is 0 Å². The molecule has 0 radical (unpaired) electrons. The molecule has 1 fully saturated rings. The molecule has 1 aliphatic carbocycles. The smallest absolute Gasteiger partial charge is 0.309 e. The Bertz CT molecular complexity index is 154. The fraction of sp³-hybridized carbons (Fsp3) is 0.875. The fourth-order valence-corrected chi connectivity index (χ4v) is 1.87. The number of carboxylic acid groups (broad SMARTS) is 1. The third kappa shape index (κ3) is 2.19. The van der Waals surface area contributed by atoms with Crippen molar-refractivity contribution in [3.8, 4) is 0 Å². The second kappa shape index (κ2) is 4.42. The number of rotatable bonds is 4. The van der Waals surface area contributed by atoms with E-state index >= 15 is 0 Å². The summed E-state index contributed by atoms with van der Waals surface area (Å²) in [6, 6.07) is 0. The van der Waals surface area contributed by atoms with Crippen molar-refractivity contribution < 1.29 is 14.7 Å². The molecule has 0 spiro atoms. The Balaban J connectivity index is 2.45. The van der Waals surface area contributed by atoms with Crippen LogP contribution in [0, 0.1) is 11.8 Å². The lowest BCUT2D eigenvalue weighted by Crippen LogP contribution is -2.27. The van der Waals surface area contributed by atoms with E-state index in [0.29, 0.717) is 0 Å². The zero-order valence-corrected chi connectivity index (χ0v) is 7.03. The Labute approximate surface area is 71.7 Å². The molecule has 70 valence electrons. The predicted molar refractivity (Wildman–Crippen MR) is 43.2 cm³/mol. The van der Waals surface area contributed by atoms with Crippen LogP contribution in [0.4, 0.5) is 0 Å². The molecule has 0 aliphatic heterocycles. The van der Waals surface area contributed by atoms with Crippen molar-refractivity contribution in [3.63, 3.8) is 0 Å². The van der Waals surface area contributed by atoms with Gasteiger partial charge in [-0.25, -0.2) is 5.90 Å². The van der Waals surface area contributed by atoms with Crippen molar-refractivity contribution >= 4 is 5.97 Å². The van der Waals surface area contributed by atoms with Crippen molar-refractivity contribution in [2.75, 3.05) is 6.61 Å². The summed E-state index contributed by atoms with van der Waals surface area (Å²) in [4.78, 5) is 15.1.